The Morgan fingerprint density at radius 1 is 0.863 bits per heavy atom. The van der Waals surface area contributed by atoms with E-state index in [1.807, 2.05) is 13.8 Å². The van der Waals surface area contributed by atoms with Gasteiger partial charge in [-0.3, -0.25) is 4.79 Å². The molecular formula is C42H62O9. The van der Waals surface area contributed by atoms with E-state index in [1.54, 1.807) is 26.0 Å². The number of aliphatic hydroxyl groups is 3. The maximum Gasteiger partial charge on any atom is 0.330 e. The van der Waals surface area contributed by atoms with Gasteiger partial charge in [-0.05, 0) is 98.2 Å². The van der Waals surface area contributed by atoms with E-state index in [-0.39, 0.29) is 54.2 Å². The van der Waals surface area contributed by atoms with Crippen LogP contribution in [0.15, 0.2) is 48.6 Å². The average Bonchev–Trinajstić information content (AvgIpc) is 3.05. The van der Waals surface area contributed by atoms with Gasteiger partial charge in [0.1, 0.15) is 19.3 Å². The topological polar surface area (TPSA) is 140 Å². The van der Waals surface area contributed by atoms with Gasteiger partial charge < -0.3 is 29.5 Å². The number of esters is 3. The Bertz CT molecular complexity index is 1480. The van der Waals surface area contributed by atoms with E-state index < -0.39 is 58.0 Å². The fraction of sp³-hybridized carbons (Fsp3) is 0.738. The van der Waals surface area contributed by atoms with E-state index in [1.165, 1.54) is 23.8 Å². The van der Waals surface area contributed by atoms with Crippen molar-refractivity contribution in [3.05, 3.63) is 48.6 Å². The molecule has 5 rings (SSSR count). The Balaban J connectivity index is 1.57. The minimum atomic E-state index is -1.30. The van der Waals surface area contributed by atoms with Gasteiger partial charge in [-0.2, -0.15) is 0 Å². The zero-order valence-corrected chi connectivity index (χ0v) is 32.1. The van der Waals surface area contributed by atoms with Crippen LogP contribution in [0.25, 0.3) is 0 Å². The van der Waals surface area contributed by atoms with Crippen LogP contribution in [0, 0.1) is 50.2 Å². The number of carbonyl (C=O) groups is 3. The van der Waals surface area contributed by atoms with Crippen LogP contribution in [0.1, 0.15) is 107 Å². The standard InChI is InChI=1S/C42H62O9/c1-10-13-32(44)49-24-39(7)28-18-21-40(8)29(38(28,6)20-19-31(39)51-34(46)15-12-3)17-16-26-27-22-37(4,5)35(47)36(48)42(27,25-50-33(45)14-11-2)30(43)23-41(26,40)9/h10-12,14-16,27-31,35-36,43,47-48H,1,13,17-25H2,2-9H3/b14-11+,15-12+/t27?,28?,29?,30-,31+,35+,36+,38+,39-,40-,41-,42+/m1/s1. The van der Waals surface area contributed by atoms with Gasteiger partial charge in [-0.1, -0.05) is 71.4 Å². The number of hydrogen-bond acceptors (Lipinski definition) is 9. The van der Waals surface area contributed by atoms with Crippen molar-refractivity contribution < 1.29 is 43.9 Å². The lowest BCUT2D eigenvalue weighted by Crippen LogP contribution is -2.72. The molecular weight excluding hydrogens is 648 g/mol. The molecule has 9 nitrogen and oxygen atoms in total. The minimum absolute atomic E-state index is 0.0829. The molecule has 0 aliphatic heterocycles. The highest BCUT2D eigenvalue weighted by atomic mass is 16.6. The van der Waals surface area contributed by atoms with Crippen molar-refractivity contribution >= 4 is 17.9 Å². The second-order valence-corrected chi connectivity index (χ2v) is 18.0. The quantitative estimate of drug-likeness (QED) is 0.107. The fourth-order valence-electron chi connectivity index (χ4n) is 12.2. The predicted octanol–water partition coefficient (Wildman–Crippen LogP) is 6.41. The molecule has 0 spiro atoms. The molecule has 9 heteroatoms. The number of hydrogen-bond donors (Lipinski definition) is 3. The molecule has 12 atom stereocenters. The lowest BCUT2D eigenvalue weighted by Gasteiger charge is -2.72. The SMILES string of the molecule is C=CCC(=O)OC[C@]1(C)C2CC[C@]3(C)C(CC=C4C5CC(C)(C)[C@@H](O)[C@H](O)[C@]5(COC(=O)/C=C/C)[C@H](O)C[C@]43C)[C@@]2(C)CC[C@@H]1OC(=O)/C=C/C. The third-order valence-corrected chi connectivity index (χ3v) is 15.1. The van der Waals surface area contributed by atoms with Gasteiger partial charge in [0, 0.05) is 17.6 Å². The Kier molecular flexibility index (Phi) is 10.8. The van der Waals surface area contributed by atoms with Crippen molar-refractivity contribution in [2.75, 3.05) is 13.2 Å². The number of rotatable bonds is 9. The van der Waals surface area contributed by atoms with Crippen molar-refractivity contribution in [3.8, 4) is 0 Å². The molecule has 0 amide bonds. The first-order chi connectivity index (χ1) is 23.8. The van der Waals surface area contributed by atoms with Gasteiger partial charge >= 0.3 is 17.9 Å². The zero-order chi connectivity index (χ0) is 37.8. The summed E-state index contributed by atoms with van der Waals surface area (Å²) in [5.74, 6) is -1.33. The highest BCUT2D eigenvalue weighted by Gasteiger charge is 2.73. The van der Waals surface area contributed by atoms with Crippen LogP contribution in [0.4, 0.5) is 0 Å². The highest BCUT2D eigenvalue weighted by molar-refractivity contribution is 5.82. The second kappa shape index (κ2) is 13.9. The van der Waals surface area contributed by atoms with Crippen molar-refractivity contribution in [2.24, 2.45) is 50.2 Å². The molecule has 51 heavy (non-hydrogen) atoms. The Morgan fingerprint density at radius 2 is 1.53 bits per heavy atom. The molecule has 0 saturated heterocycles. The Morgan fingerprint density at radius 3 is 2.18 bits per heavy atom. The van der Waals surface area contributed by atoms with Gasteiger partial charge in [-0.25, -0.2) is 9.59 Å². The number of ether oxygens (including phenoxy) is 3. The van der Waals surface area contributed by atoms with Crippen LogP contribution in [0.5, 0.6) is 0 Å². The molecule has 0 heterocycles. The van der Waals surface area contributed by atoms with Crippen LogP contribution in [0.2, 0.25) is 0 Å². The van der Waals surface area contributed by atoms with Crippen molar-refractivity contribution in [2.45, 2.75) is 131 Å². The first kappa shape index (κ1) is 39.5. The molecule has 0 bridgehead atoms. The molecule has 3 N–H and O–H groups in total. The van der Waals surface area contributed by atoms with Crippen LogP contribution < -0.4 is 0 Å². The molecule has 0 aromatic rings. The molecule has 0 radical (unpaired) electrons. The largest absolute Gasteiger partial charge is 0.465 e. The number of fused-ring (bicyclic) bond motifs is 7. The van der Waals surface area contributed by atoms with E-state index >= 15 is 0 Å². The molecule has 284 valence electrons. The van der Waals surface area contributed by atoms with Crippen molar-refractivity contribution in [1.29, 1.82) is 0 Å². The van der Waals surface area contributed by atoms with Gasteiger partial charge in [0.05, 0.1) is 30.1 Å². The van der Waals surface area contributed by atoms with Gasteiger partial charge in [0.15, 0.2) is 0 Å². The summed E-state index contributed by atoms with van der Waals surface area (Å²) in [6.45, 7) is 20.2. The monoisotopic (exact) mass is 710 g/mol. The molecule has 0 aromatic heterocycles. The maximum atomic E-state index is 12.8. The number of allylic oxidation sites excluding steroid dienone is 4. The third-order valence-electron chi connectivity index (χ3n) is 15.1. The summed E-state index contributed by atoms with van der Waals surface area (Å²) in [5.41, 5.74) is -2.25. The predicted molar refractivity (Wildman–Crippen MR) is 194 cm³/mol. The van der Waals surface area contributed by atoms with Crippen molar-refractivity contribution in [3.63, 3.8) is 0 Å². The summed E-state index contributed by atoms with van der Waals surface area (Å²) in [7, 11) is 0. The van der Waals surface area contributed by atoms with Crippen molar-refractivity contribution in [1.82, 2.24) is 0 Å². The summed E-state index contributed by atoms with van der Waals surface area (Å²) in [6.07, 6.45) is 10.9. The fourth-order valence-corrected chi connectivity index (χ4v) is 12.2. The highest BCUT2D eigenvalue weighted by Crippen LogP contribution is 2.76. The van der Waals surface area contributed by atoms with Crippen LogP contribution in [-0.2, 0) is 28.6 Å². The number of aliphatic hydroxyl groups excluding tert-OH is 3. The summed E-state index contributed by atoms with van der Waals surface area (Å²) >= 11 is 0. The summed E-state index contributed by atoms with van der Waals surface area (Å²) in [6, 6.07) is 0. The van der Waals surface area contributed by atoms with Gasteiger partial charge in [0.25, 0.3) is 0 Å². The zero-order valence-electron chi connectivity index (χ0n) is 32.1. The van der Waals surface area contributed by atoms with Gasteiger partial charge in [0.2, 0.25) is 0 Å². The van der Waals surface area contributed by atoms with E-state index in [4.69, 9.17) is 14.2 Å². The average molecular weight is 711 g/mol. The van der Waals surface area contributed by atoms with E-state index in [0.29, 0.717) is 19.3 Å². The lowest BCUT2D eigenvalue weighted by molar-refractivity contribution is -0.261. The first-order valence-electron chi connectivity index (χ1n) is 19.0. The Hall–Kier alpha value is -2.75. The summed E-state index contributed by atoms with van der Waals surface area (Å²) in [5, 5.41) is 35.7. The smallest absolute Gasteiger partial charge is 0.330 e. The first-order valence-corrected chi connectivity index (χ1v) is 19.0. The molecule has 5 aliphatic carbocycles. The van der Waals surface area contributed by atoms with E-state index in [9.17, 15) is 29.7 Å². The lowest BCUT2D eigenvalue weighted by atomic mass is 9.33. The molecule has 4 fully saturated rings. The Labute approximate surface area is 304 Å². The minimum Gasteiger partial charge on any atom is -0.465 e. The molecule has 5 aliphatic rings. The van der Waals surface area contributed by atoms with Crippen LogP contribution in [-0.4, -0.2) is 70.9 Å². The van der Waals surface area contributed by atoms with Crippen LogP contribution >= 0.6 is 0 Å². The normalized spacial score (nSPS) is 44.3. The molecule has 0 aromatic carbocycles. The summed E-state index contributed by atoms with van der Waals surface area (Å²) < 4.78 is 17.7. The van der Waals surface area contributed by atoms with E-state index in [2.05, 4.69) is 40.3 Å². The molecule has 3 unspecified atom stereocenters. The summed E-state index contributed by atoms with van der Waals surface area (Å²) in [4.78, 5) is 38.1. The third kappa shape index (κ3) is 6.07. The molecule has 4 saturated carbocycles. The maximum absolute atomic E-state index is 12.8. The van der Waals surface area contributed by atoms with E-state index in [0.717, 1.165) is 25.7 Å². The van der Waals surface area contributed by atoms with Crippen LogP contribution in [0.3, 0.4) is 0 Å². The number of carbonyl (C=O) groups excluding carboxylic acids is 3. The second-order valence-electron chi connectivity index (χ2n) is 18.0. The van der Waals surface area contributed by atoms with Gasteiger partial charge in [-0.15, -0.1) is 6.58 Å².